The largest absolute Gasteiger partial charge is 0.507 e. The van der Waals surface area contributed by atoms with E-state index in [-0.39, 0.29) is 11.3 Å². The van der Waals surface area contributed by atoms with Gasteiger partial charge in [-0.05, 0) is 24.3 Å². The number of benzene rings is 1. The van der Waals surface area contributed by atoms with Crippen molar-refractivity contribution in [2.24, 2.45) is 0 Å². The Morgan fingerprint density at radius 1 is 1.22 bits per heavy atom. The van der Waals surface area contributed by atoms with E-state index in [0.717, 1.165) is 0 Å². The molecule has 0 radical (unpaired) electrons. The van der Waals surface area contributed by atoms with Crippen LogP contribution in [0.2, 0.25) is 4.34 Å². The minimum atomic E-state index is -1.06. The van der Waals surface area contributed by atoms with Gasteiger partial charge in [-0.2, -0.15) is 0 Å². The Kier molecular flexibility index (Phi) is 3.69. The molecular weight excluding hydrogens is 272 g/mol. The van der Waals surface area contributed by atoms with Crippen LogP contribution in [0, 0.1) is 0 Å². The Labute approximate surface area is 113 Å². The van der Waals surface area contributed by atoms with Crippen molar-refractivity contribution in [1.82, 2.24) is 0 Å². The summed E-state index contributed by atoms with van der Waals surface area (Å²) in [5, 5.41) is 18.8. The number of halogens is 1. The van der Waals surface area contributed by atoms with Crippen molar-refractivity contribution in [2.45, 2.75) is 0 Å². The van der Waals surface area contributed by atoms with Crippen molar-refractivity contribution in [3.63, 3.8) is 0 Å². The van der Waals surface area contributed by atoms with Crippen molar-refractivity contribution in [3.05, 3.63) is 51.2 Å². The molecule has 0 atom stereocenters. The number of carboxylic acid groups (broad SMARTS) is 1. The molecule has 0 amide bonds. The van der Waals surface area contributed by atoms with Crippen molar-refractivity contribution in [3.8, 4) is 5.75 Å². The third-order valence-electron chi connectivity index (χ3n) is 2.31. The zero-order chi connectivity index (χ0) is 13.1. The van der Waals surface area contributed by atoms with Gasteiger partial charge in [-0.15, -0.1) is 11.3 Å². The summed E-state index contributed by atoms with van der Waals surface area (Å²) in [6.45, 7) is 0. The van der Waals surface area contributed by atoms with Crippen LogP contribution in [-0.4, -0.2) is 16.2 Å². The highest BCUT2D eigenvalue weighted by Crippen LogP contribution is 2.30. The van der Waals surface area contributed by atoms with Crippen molar-refractivity contribution < 1.29 is 15.0 Å². The highest BCUT2D eigenvalue weighted by Gasteiger charge is 2.13. The molecule has 0 saturated heterocycles. The number of phenols is 1. The van der Waals surface area contributed by atoms with Crippen LogP contribution in [0.5, 0.6) is 5.75 Å². The van der Waals surface area contributed by atoms with E-state index in [1.807, 2.05) is 0 Å². The van der Waals surface area contributed by atoms with Crippen LogP contribution < -0.4 is 0 Å². The standard InChI is InChI=1S/C13H9ClO3S/c14-12-6-5-11(18-12)9(13(16)17)7-8-3-1-2-4-10(8)15/h1-7,15H,(H,16,17)/b9-7-. The SMILES string of the molecule is O=C(O)/C(=C\c1ccccc1O)c1ccc(Cl)s1. The summed E-state index contributed by atoms with van der Waals surface area (Å²) in [4.78, 5) is 11.8. The van der Waals surface area contributed by atoms with Crippen molar-refractivity contribution in [2.75, 3.05) is 0 Å². The van der Waals surface area contributed by atoms with E-state index >= 15 is 0 Å². The number of carboxylic acids is 1. The first-order valence-electron chi connectivity index (χ1n) is 5.06. The van der Waals surface area contributed by atoms with Gasteiger partial charge >= 0.3 is 5.97 Å². The Hall–Kier alpha value is -1.78. The number of para-hydroxylation sites is 1. The average Bonchev–Trinajstić information content (AvgIpc) is 2.74. The summed E-state index contributed by atoms with van der Waals surface area (Å²) in [5.41, 5.74) is 0.563. The third kappa shape index (κ3) is 2.72. The number of aromatic hydroxyl groups is 1. The monoisotopic (exact) mass is 280 g/mol. The molecule has 1 aromatic heterocycles. The maximum Gasteiger partial charge on any atom is 0.337 e. The number of phenolic OH excluding ortho intramolecular Hbond substituents is 1. The molecule has 0 fully saturated rings. The van der Waals surface area contributed by atoms with E-state index < -0.39 is 5.97 Å². The van der Waals surface area contributed by atoms with Gasteiger partial charge in [0.15, 0.2) is 0 Å². The number of carbonyl (C=O) groups is 1. The molecule has 92 valence electrons. The minimum Gasteiger partial charge on any atom is -0.507 e. The Morgan fingerprint density at radius 2 is 1.94 bits per heavy atom. The molecule has 0 bridgehead atoms. The van der Waals surface area contributed by atoms with E-state index in [9.17, 15) is 15.0 Å². The van der Waals surface area contributed by atoms with Crippen LogP contribution in [0.1, 0.15) is 10.4 Å². The molecule has 2 rings (SSSR count). The van der Waals surface area contributed by atoms with Gasteiger partial charge in [-0.25, -0.2) is 4.79 Å². The maximum absolute atomic E-state index is 11.2. The average molecular weight is 281 g/mol. The first-order chi connectivity index (χ1) is 8.58. The molecule has 3 nitrogen and oxygen atoms in total. The lowest BCUT2D eigenvalue weighted by Gasteiger charge is -2.01. The third-order valence-corrected chi connectivity index (χ3v) is 3.57. The Balaban J connectivity index is 2.49. The summed E-state index contributed by atoms with van der Waals surface area (Å²) in [5.74, 6) is -1.02. The second kappa shape index (κ2) is 5.25. The predicted octanol–water partition coefficient (Wildman–Crippen LogP) is 3.73. The van der Waals surface area contributed by atoms with Crippen LogP contribution in [0.3, 0.4) is 0 Å². The van der Waals surface area contributed by atoms with Crippen LogP contribution in [0.15, 0.2) is 36.4 Å². The second-order valence-electron chi connectivity index (χ2n) is 3.53. The van der Waals surface area contributed by atoms with Crippen LogP contribution in [0.25, 0.3) is 11.6 Å². The Bertz CT molecular complexity index is 616. The molecule has 1 heterocycles. The highest BCUT2D eigenvalue weighted by atomic mass is 35.5. The molecule has 0 aliphatic heterocycles. The molecule has 0 saturated carbocycles. The van der Waals surface area contributed by atoms with Crippen LogP contribution in [0.4, 0.5) is 0 Å². The zero-order valence-electron chi connectivity index (χ0n) is 9.13. The summed E-state index contributed by atoms with van der Waals surface area (Å²) in [6.07, 6.45) is 1.43. The molecule has 18 heavy (non-hydrogen) atoms. The normalized spacial score (nSPS) is 11.5. The number of hydrogen-bond acceptors (Lipinski definition) is 3. The van der Waals surface area contributed by atoms with Crippen molar-refractivity contribution >= 4 is 40.6 Å². The molecule has 0 unspecified atom stereocenters. The maximum atomic E-state index is 11.2. The fraction of sp³-hybridized carbons (Fsp3) is 0. The molecule has 0 aliphatic carbocycles. The van der Waals surface area contributed by atoms with Crippen molar-refractivity contribution in [1.29, 1.82) is 0 Å². The van der Waals surface area contributed by atoms with Gasteiger partial charge in [0.25, 0.3) is 0 Å². The highest BCUT2D eigenvalue weighted by molar-refractivity contribution is 7.17. The fourth-order valence-electron chi connectivity index (χ4n) is 1.46. The van der Waals surface area contributed by atoms with E-state index in [1.54, 1.807) is 30.3 Å². The topological polar surface area (TPSA) is 57.5 Å². The molecule has 5 heteroatoms. The van der Waals surface area contributed by atoms with Gasteiger partial charge in [-0.3, -0.25) is 0 Å². The molecular formula is C13H9ClO3S. The first kappa shape index (κ1) is 12.7. The van der Waals surface area contributed by atoms with E-state index in [1.165, 1.54) is 23.5 Å². The lowest BCUT2D eigenvalue weighted by molar-refractivity contribution is -0.130. The molecule has 0 aliphatic rings. The van der Waals surface area contributed by atoms with E-state index in [0.29, 0.717) is 14.8 Å². The molecule has 0 spiro atoms. The zero-order valence-corrected chi connectivity index (χ0v) is 10.7. The molecule has 2 aromatic rings. The first-order valence-corrected chi connectivity index (χ1v) is 6.26. The summed E-state index contributed by atoms with van der Waals surface area (Å²) >= 11 is 6.98. The smallest absolute Gasteiger partial charge is 0.337 e. The summed E-state index contributed by atoms with van der Waals surface area (Å²) < 4.78 is 0.523. The lowest BCUT2D eigenvalue weighted by atomic mass is 10.1. The number of rotatable bonds is 3. The van der Waals surface area contributed by atoms with E-state index in [4.69, 9.17) is 11.6 Å². The quantitative estimate of drug-likeness (QED) is 0.842. The summed E-state index contributed by atoms with van der Waals surface area (Å²) in [7, 11) is 0. The van der Waals surface area contributed by atoms with Gasteiger partial charge in [0.2, 0.25) is 0 Å². The van der Waals surface area contributed by atoms with Crippen LogP contribution in [-0.2, 0) is 4.79 Å². The van der Waals surface area contributed by atoms with E-state index in [2.05, 4.69) is 0 Å². The van der Waals surface area contributed by atoms with Gasteiger partial charge in [0, 0.05) is 10.4 Å². The van der Waals surface area contributed by atoms with Gasteiger partial charge in [0.05, 0.1) is 9.91 Å². The molecule has 1 aromatic carbocycles. The van der Waals surface area contributed by atoms with Crippen LogP contribution >= 0.6 is 22.9 Å². The minimum absolute atomic E-state index is 0.0407. The van der Waals surface area contributed by atoms with Gasteiger partial charge < -0.3 is 10.2 Å². The Morgan fingerprint density at radius 3 is 2.50 bits per heavy atom. The number of aliphatic carboxylic acids is 1. The number of hydrogen-bond donors (Lipinski definition) is 2. The molecule has 2 N–H and O–H groups in total. The fourth-order valence-corrected chi connectivity index (χ4v) is 2.51. The lowest BCUT2D eigenvalue weighted by Crippen LogP contribution is -1.97. The number of thiophene rings is 1. The van der Waals surface area contributed by atoms with Gasteiger partial charge in [-0.1, -0.05) is 29.8 Å². The summed E-state index contributed by atoms with van der Waals surface area (Å²) in [6, 6.07) is 9.85. The predicted molar refractivity (Wildman–Crippen MR) is 72.9 cm³/mol. The van der Waals surface area contributed by atoms with Gasteiger partial charge in [0.1, 0.15) is 5.75 Å². The second-order valence-corrected chi connectivity index (χ2v) is 5.24.